The Morgan fingerprint density at radius 3 is 2.07 bits per heavy atom. The van der Waals surface area contributed by atoms with Crippen LogP contribution in [0.3, 0.4) is 0 Å². The van der Waals surface area contributed by atoms with Gasteiger partial charge in [0.05, 0.1) is 0 Å². The van der Waals surface area contributed by atoms with Crippen molar-refractivity contribution in [3.05, 3.63) is 83.9 Å². The van der Waals surface area contributed by atoms with E-state index in [0.29, 0.717) is 23.5 Å². The van der Waals surface area contributed by atoms with Crippen molar-refractivity contribution in [1.29, 1.82) is 0 Å². The van der Waals surface area contributed by atoms with Crippen LogP contribution < -0.4 is 15.2 Å². The van der Waals surface area contributed by atoms with E-state index in [1.165, 1.54) is 12.1 Å². The molecule has 0 spiro atoms. The van der Waals surface area contributed by atoms with Crippen molar-refractivity contribution in [3.63, 3.8) is 0 Å². The zero-order chi connectivity index (χ0) is 19.3. The van der Waals surface area contributed by atoms with Crippen LogP contribution in [0.15, 0.2) is 72.8 Å². The van der Waals surface area contributed by atoms with Gasteiger partial charge in [0.2, 0.25) is 0 Å². The molecule has 0 heterocycles. The Morgan fingerprint density at radius 2 is 1.46 bits per heavy atom. The van der Waals surface area contributed by atoms with Crippen LogP contribution in [-0.2, 0) is 13.2 Å². The third-order valence-electron chi connectivity index (χ3n) is 3.95. The van der Waals surface area contributed by atoms with Crippen LogP contribution in [0.2, 0.25) is 0 Å². The summed E-state index contributed by atoms with van der Waals surface area (Å²) in [6, 6.07) is 21.5. The van der Waals surface area contributed by atoms with Crippen molar-refractivity contribution >= 4 is 12.4 Å². The van der Waals surface area contributed by atoms with Crippen LogP contribution in [0.4, 0.5) is 13.2 Å². The van der Waals surface area contributed by atoms with Crippen LogP contribution >= 0.6 is 12.4 Å². The molecule has 0 saturated heterocycles. The minimum absolute atomic E-state index is 0. The highest BCUT2D eigenvalue weighted by Gasteiger charge is 2.32. The number of hydrogen-bond acceptors (Lipinski definition) is 3. The minimum Gasteiger partial charge on any atom is -0.489 e. The van der Waals surface area contributed by atoms with E-state index in [0.717, 1.165) is 11.1 Å². The van der Waals surface area contributed by atoms with Gasteiger partial charge in [-0.15, -0.1) is 25.6 Å². The first-order valence-electron chi connectivity index (χ1n) is 8.30. The maximum atomic E-state index is 12.6. The molecule has 0 radical (unpaired) electrons. The first kappa shape index (κ1) is 21.6. The third kappa shape index (κ3) is 5.90. The van der Waals surface area contributed by atoms with Crippen LogP contribution in [0.1, 0.15) is 11.1 Å². The van der Waals surface area contributed by atoms with Gasteiger partial charge in [0.25, 0.3) is 0 Å². The molecule has 7 heteroatoms. The summed E-state index contributed by atoms with van der Waals surface area (Å²) in [7, 11) is 0. The highest BCUT2D eigenvalue weighted by Crippen LogP contribution is 2.32. The number of halogens is 4. The van der Waals surface area contributed by atoms with Crippen molar-refractivity contribution in [2.45, 2.75) is 19.5 Å². The lowest BCUT2D eigenvalue weighted by molar-refractivity contribution is -0.274. The van der Waals surface area contributed by atoms with Crippen LogP contribution in [-0.4, -0.2) is 6.36 Å². The monoisotopic (exact) mass is 409 g/mol. The fourth-order valence-corrected chi connectivity index (χ4v) is 2.61. The number of alkyl halides is 3. The maximum absolute atomic E-state index is 12.6. The topological polar surface area (TPSA) is 44.5 Å². The predicted octanol–water partition coefficient (Wildman–Crippen LogP) is 5.71. The predicted molar refractivity (Wildman–Crippen MR) is 104 cm³/mol. The first-order chi connectivity index (χ1) is 12.9. The molecule has 0 aliphatic carbocycles. The van der Waals surface area contributed by atoms with Gasteiger partial charge in [0.15, 0.2) is 0 Å². The number of hydrogen-bond donors (Lipinski definition) is 1. The average molecular weight is 410 g/mol. The van der Waals surface area contributed by atoms with Crippen molar-refractivity contribution in [2.24, 2.45) is 5.73 Å². The first-order valence-corrected chi connectivity index (χ1v) is 8.30. The SMILES string of the molecule is Cl.NCc1ccc(-c2ccc(OCc3ccccc3)cc2)cc1OC(F)(F)F. The largest absolute Gasteiger partial charge is 0.573 e. The zero-order valence-electron chi connectivity index (χ0n) is 14.8. The molecule has 0 amide bonds. The van der Waals surface area contributed by atoms with E-state index in [1.807, 2.05) is 30.3 Å². The molecule has 148 valence electrons. The Bertz CT molecular complexity index is 884. The number of benzene rings is 3. The highest BCUT2D eigenvalue weighted by atomic mass is 35.5. The normalized spacial score (nSPS) is 10.9. The molecule has 3 aromatic carbocycles. The van der Waals surface area contributed by atoms with Gasteiger partial charge < -0.3 is 15.2 Å². The average Bonchev–Trinajstić information content (AvgIpc) is 2.66. The van der Waals surface area contributed by atoms with E-state index in [2.05, 4.69) is 4.74 Å². The molecule has 3 nitrogen and oxygen atoms in total. The highest BCUT2D eigenvalue weighted by molar-refractivity contribution is 5.85. The minimum atomic E-state index is -4.77. The maximum Gasteiger partial charge on any atom is 0.573 e. The van der Waals surface area contributed by atoms with Crippen molar-refractivity contribution in [2.75, 3.05) is 0 Å². The standard InChI is InChI=1S/C21H18F3NO2.ClH/c22-21(23,24)27-20-12-17(6-7-18(20)13-25)16-8-10-19(11-9-16)26-14-15-4-2-1-3-5-15;/h1-12H,13-14,25H2;1H. The van der Waals surface area contributed by atoms with Crippen LogP contribution in [0, 0.1) is 0 Å². The summed E-state index contributed by atoms with van der Waals surface area (Å²) < 4.78 is 47.6. The quantitative estimate of drug-likeness (QED) is 0.567. The van der Waals surface area contributed by atoms with Crippen molar-refractivity contribution in [3.8, 4) is 22.6 Å². The second-order valence-electron chi connectivity index (χ2n) is 5.87. The van der Waals surface area contributed by atoms with Crippen LogP contribution in [0.25, 0.3) is 11.1 Å². The molecule has 0 bridgehead atoms. The van der Waals surface area contributed by atoms with Gasteiger partial charge in [-0.25, -0.2) is 0 Å². The zero-order valence-corrected chi connectivity index (χ0v) is 15.6. The summed E-state index contributed by atoms with van der Waals surface area (Å²) in [6.07, 6.45) is -4.77. The Labute approximate surface area is 167 Å². The van der Waals surface area contributed by atoms with E-state index in [9.17, 15) is 13.2 Å². The Hall–Kier alpha value is -2.70. The van der Waals surface area contributed by atoms with Gasteiger partial charge in [-0.05, 0) is 34.9 Å². The number of nitrogens with two attached hydrogens (primary N) is 1. The fraction of sp³-hybridized carbons (Fsp3) is 0.143. The second-order valence-corrected chi connectivity index (χ2v) is 5.87. The summed E-state index contributed by atoms with van der Waals surface area (Å²) in [5.41, 5.74) is 8.18. The Balaban J connectivity index is 0.00000280. The molecule has 0 aromatic heterocycles. The van der Waals surface area contributed by atoms with E-state index < -0.39 is 6.36 Å². The van der Waals surface area contributed by atoms with Gasteiger partial charge >= 0.3 is 6.36 Å². The van der Waals surface area contributed by atoms with E-state index >= 15 is 0 Å². The smallest absolute Gasteiger partial charge is 0.489 e. The van der Waals surface area contributed by atoms with Crippen LogP contribution in [0.5, 0.6) is 11.5 Å². The molecular weight excluding hydrogens is 391 g/mol. The van der Waals surface area contributed by atoms with Gasteiger partial charge in [-0.3, -0.25) is 0 Å². The molecule has 0 unspecified atom stereocenters. The molecule has 0 atom stereocenters. The van der Waals surface area contributed by atoms with Gasteiger partial charge in [0.1, 0.15) is 18.1 Å². The fourth-order valence-electron chi connectivity index (χ4n) is 2.61. The van der Waals surface area contributed by atoms with Gasteiger partial charge in [0, 0.05) is 12.1 Å². The summed E-state index contributed by atoms with van der Waals surface area (Å²) in [6.45, 7) is 0.396. The molecule has 0 aliphatic rings. The second kappa shape index (κ2) is 9.48. The molecular formula is C21H19ClF3NO2. The van der Waals surface area contributed by atoms with Gasteiger partial charge in [-0.1, -0.05) is 54.6 Å². The van der Waals surface area contributed by atoms with Crippen molar-refractivity contribution < 1.29 is 22.6 Å². The summed E-state index contributed by atoms with van der Waals surface area (Å²) >= 11 is 0. The summed E-state index contributed by atoms with van der Waals surface area (Å²) in [5, 5.41) is 0. The van der Waals surface area contributed by atoms with Crippen molar-refractivity contribution in [1.82, 2.24) is 0 Å². The van der Waals surface area contributed by atoms with E-state index in [4.69, 9.17) is 10.5 Å². The Kier molecular flexibility index (Phi) is 7.31. The lowest BCUT2D eigenvalue weighted by Crippen LogP contribution is -2.18. The van der Waals surface area contributed by atoms with Gasteiger partial charge in [-0.2, -0.15) is 0 Å². The molecule has 2 N–H and O–H groups in total. The summed E-state index contributed by atoms with van der Waals surface area (Å²) in [4.78, 5) is 0. The molecule has 0 aliphatic heterocycles. The lowest BCUT2D eigenvalue weighted by atomic mass is 10.0. The molecule has 0 saturated carbocycles. The number of rotatable bonds is 6. The summed E-state index contributed by atoms with van der Waals surface area (Å²) in [5.74, 6) is 0.389. The van der Waals surface area contributed by atoms with E-state index in [-0.39, 0.29) is 24.7 Å². The third-order valence-corrected chi connectivity index (χ3v) is 3.95. The lowest BCUT2D eigenvalue weighted by Gasteiger charge is -2.14. The molecule has 3 aromatic rings. The molecule has 28 heavy (non-hydrogen) atoms. The Morgan fingerprint density at radius 1 is 0.821 bits per heavy atom. The molecule has 0 fully saturated rings. The van der Waals surface area contributed by atoms with E-state index in [1.54, 1.807) is 30.3 Å². The molecule has 3 rings (SSSR count). The number of ether oxygens (including phenoxy) is 2.